The number of carbonyl (C=O) groups excluding carboxylic acids is 2. The van der Waals surface area contributed by atoms with Crippen LogP contribution in [0.15, 0.2) is 18.2 Å². The van der Waals surface area contributed by atoms with Crippen LogP contribution in [-0.2, 0) is 4.79 Å². The van der Waals surface area contributed by atoms with Gasteiger partial charge >= 0.3 is 6.03 Å². The number of nitrogens with one attached hydrogen (secondary N) is 3. The Kier molecular flexibility index (Phi) is 7.44. The Morgan fingerprint density at radius 1 is 1.28 bits per heavy atom. The molecule has 29 heavy (non-hydrogen) atoms. The number of benzene rings is 1. The molecular weight excluding hydrogens is 373 g/mol. The fourth-order valence-electron chi connectivity index (χ4n) is 3.54. The van der Waals surface area contributed by atoms with Crippen molar-refractivity contribution in [3.8, 4) is 0 Å². The van der Waals surface area contributed by atoms with E-state index in [4.69, 9.17) is 0 Å². The Hall–Kier alpha value is -2.19. The van der Waals surface area contributed by atoms with Crippen LogP contribution in [0.3, 0.4) is 0 Å². The van der Waals surface area contributed by atoms with Crippen LogP contribution in [0.1, 0.15) is 50.6 Å². The molecular formula is C21H32FN5O2. The molecule has 3 amide bonds. The Morgan fingerprint density at radius 2 is 2.07 bits per heavy atom. The van der Waals surface area contributed by atoms with Crippen LogP contribution < -0.4 is 21.1 Å². The molecule has 2 fully saturated rings. The van der Waals surface area contributed by atoms with Crippen molar-refractivity contribution in [1.82, 2.24) is 21.1 Å². The smallest absolute Gasteiger partial charge is 0.324 e. The lowest BCUT2D eigenvalue weighted by molar-refractivity contribution is -0.118. The zero-order valence-corrected chi connectivity index (χ0v) is 17.3. The van der Waals surface area contributed by atoms with Gasteiger partial charge in [-0.3, -0.25) is 21.0 Å². The van der Waals surface area contributed by atoms with Crippen molar-refractivity contribution in [2.45, 2.75) is 45.1 Å². The summed E-state index contributed by atoms with van der Waals surface area (Å²) in [6.07, 6.45) is 5.29. The zero-order chi connectivity index (χ0) is 20.8. The van der Waals surface area contributed by atoms with Crippen molar-refractivity contribution < 1.29 is 14.0 Å². The van der Waals surface area contributed by atoms with Gasteiger partial charge in [0.1, 0.15) is 12.4 Å². The second-order valence-corrected chi connectivity index (χ2v) is 8.16. The third-order valence-corrected chi connectivity index (χ3v) is 5.53. The fraction of sp³-hybridized carbons (Fsp3) is 0.619. The molecule has 0 aromatic heterocycles. The van der Waals surface area contributed by atoms with Crippen LogP contribution in [0.2, 0.25) is 0 Å². The minimum absolute atomic E-state index is 0.0583. The molecule has 1 saturated carbocycles. The number of nitrogens with zero attached hydrogens (tertiary/aromatic N) is 2. The molecule has 0 radical (unpaired) electrons. The molecule has 0 spiro atoms. The first kappa shape index (κ1) is 21.5. The van der Waals surface area contributed by atoms with E-state index in [9.17, 15) is 14.0 Å². The third kappa shape index (κ3) is 6.40. The largest absolute Gasteiger partial charge is 0.372 e. The van der Waals surface area contributed by atoms with Crippen molar-refractivity contribution >= 4 is 17.6 Å². The zero-order valence-electron chi connectivity index (χ0n) is 17.3. The van der Waals surface area contributed by atoms with Crippen molar-refractivity contribution in [2.24, 2.45) is 5.92 Å². The van der Waals surface area contributed by atoms with Gasteiger partial charge in [-0.15, -0.1) is 0 Å². The second kappa shape index (κ2) is 10.0. The summed E-state index contributed by atoms with van der Waals surface area (Å²) in [5.74, 6) is 0.309. The summed E-state index contributed by atoms with van der Waals surface area (Å²) in [7, 11) is 1.96. The summed E-state index contributed by atoms with van der Waals surface area (Å²) in [6, 6.07) is 5.07. The van der Waals surface area contributed by atoms with Crippen molar-refractivity contribution in [1.29, 1.82) is 0 Å². The summed E-state index contributed by atoms with van der Waals surface area (Å²) in [5, 5.41) is 2.28. The normalized spacial score (nSPS) is 17.6. The number of amides is 3. The number of urea groups is 1. The lowest BCUT2D eigenvalue weighted by atomic mass is 10.1. The van der Waals surface area contributed by atoms with E-state index in [0.29, 0.717) is 18.2 Å². The predicted molar refractivity (Wildman–Crippen MR) is 111 cm³/mol. The molecule has 1 saturated heterocycles. The standard InChI is InChI=1S/C21H32FN5O2/c1-15(17-8-9-18(22)19(12-17)26(2)13-16-6-7-16)25-23-10-4-3-5-11-27-14-20(28)24-21(27)29/h8-9,12,15-16,23,25H,3-7,10-11,13-14H2,1-2H3,(H,24,28,29). The molecule has 1 atom stereocenters. The van der Waals surface area contributed by atoms with E-state index >= 15 is 0 Å². The van der Waals surface area contributed by atoms with Crippen LogP contribution >= 0.6 is 0 Å². The predicted octanol–water partition coefficient (Wildman–Crippen LogP) is 2.55. The second-order valence-electron chi connectivity index (χ2n) is 8.16. The first-order valence-electron chi connectivity index (χ1n) is 10.5. The van der Waals surface area contributed by atoms with Gasteiger partial charge in [-0.25, -0.2) is 9.18 Å². The summed E-state index contributed by atoms with van der Waals surface area (Å²) < 4.78 is 14.2. The molecule has 1 unspecified atom stereocenters. The number of hydrogen-bond acceptors (Lipinski definition) is 5. The number of halogens is 1. The first-order valence-corrected chi connectivity index (χ1v) is 10.5. The van der Waals surface area contributed by atoms with Gasteiger partial charge < -0.3 is 9.80 Å². The minimum Gasteiger partial charge on any atom is -0.372 e. The van der Waals surface area contributed by atoms with Gasteiger partial charge in [-0.2, -0.15) is 0 Å². The Morgan fingerprint density at radius 3 is 2.76 bits per heavy atom. The summed E-state index contributed by atoms with van der Waals surface area (Å²) in [6.45, 7) is 4.53. The SMILES string of the molecule is CC(NNCCCCCN1CC(=O)NC1=O)c1ccc(F)c(N(C)CC2CC2)c1. The number of hydrazine groups is 1. The number of rotatable bonds is 12. The van der Waals surface area contributed by atoms with Gasteiger partial charge in [0.2, 0.25) is 5.91 Å². The summed E-state index contributed by atoms with van der Waals surface area (Å²) in [4.78, 5) is 26.1. The molecule has 1 aliphatic heterocycles. The van der Waals surface area contributed by atoms with Crippen LogP contribution in [0, 0.1) is 11.7 Å². The van der Waals surface area contributed by atoms with Crippen molar-refractivity contribution in [2.75, 3.05) is 38.1 Å². The maximum atomic E-state index is 14.2. The molecule has 1 heterocycles. The van der Waals surface area contributed by atoms with E-state index in [-0.39, 0.29) is 30.3 Å². The molecule has 3 N–H and O–H groups in total. The average Bonchev–Trinajstić information content (AvgIpc) is 3.43. The van der Waals surface area contributed by atoms with Gasteiger partial charge in [0.25, 0.3) is 0 Å². The van der Waals surface area contributed by atoms with Crippen LogP contribution in [0.4, 0.5) is 14.9 Å². The molecule has 2 aliphatic rings. The lowest BCUT2D eigenvalue weighted by Gasteiger charge is -2.22. The van der Waals surface area contributed by atoms with Gasteiger partial charge in [-0.05, 0) is 56.2 Å². The highest BCUT2D eigenvalue weighted by atomic mass is 19.1. The van der Waals surface area contributed by atoms with E-state index in [2.05, 4.69) is 16.2 Å². The van der Waals surface area contributed by atoms with Crippen LogP contribution in [-0.4, -0.2) is 50.1 Å². The molecule has 3 rings (SSSR count). The summed E-state index contributed by atoms with van der Waals surface area (Å²) in [5.41, 5.74) is 8.20. The van der Waals surface area contributed by atoms with Gasteiger partial charge in [0, 0.05) is 32.7 Å². The number of imide groups is 1. The van der Waals surface area contributed by atoms with Gasteiger partial charge in [0.05, 0.1) is 5.69 Å². The Balaban J connectivity index is 1.33. The third-order valence-electron chi connectivity index (χ3n) is 5.53. The molecule has 160 valence electrons. The highest BCUT2D eigenvalue weighted by Gasteiger charge is 2.26. The monoisotopic (exact) mass is 405 g/mol. The van der Waals surface area contributed by atoms with E-state index in [1.165, 1.54) is 12.8 Å². The maximum absolute atomic E-state index is 14.2. The highest BCUT2D eigenvalue weighted by molar-refractivity contribution is 6.01. The molecule has 8 heteroatoms. The van der Waals surface area contributed by atoms with Crippen LogP contribution in [0.25, 0.3) is 0 Å². The quantitative estimate of drug-likeness (QED) is 0.283. The topological polar surface area (TPSA) is 76.7 Å². The van der Waals surface area contributed by atoms with Crippen LogP contribution in [0.5, 0.6) is 0 Å². The summed E-state index contributed by atoms with van der Waals surface area (Å²) >= 11 is 0. The Labute approximate surface area is 172 Å². The molecule has 1 aliphatic carbocycles. The maximum Gasteiger partial charge on any atom is 0.324 e. The average molecular weight is 406 g/mol. The van der Waals surface area contributed by atoms with E-state index in [0.717, 1.165) is 37.9 Å². The minimum atomic E-state index is -0.287. The first-order chi connectivity index (χ1) is 13.9. The molecule has 0 bridgehead atoms. The molecule has 7 nitrogen and oxygen atoms in total. The van der Waals surface area contributed by atoms with Gasteiger partial charge in [-0.1, -0.05) is 12.5 Å². The molecule has 1 aromatic carbocycles. The number of unbranched alkanes of at least 4 members (excludes halogenated alkanes) is 2. The Bertz CT molecular complexity index is 725. The molecule has 1 aromatic rings. The number of hydrogen-bond donors (Lipinski definition) is 3. The van der Waals surface area contributed by atoms with Gasteiger partial charge in [0.15, 0.2) is 0 Å². The number of carbonyl (C=O) groups is 2. The van der Waals surface area contributed by atoms with E-state index < -0.39 is 0 Å². The highest BCUT2D eigenvalue weighted by Crippen LogP contribution is 2.32. The lowest BCUT2D eigenvalue weighted by Crippen LogP contribution is -2.35. The van der Waals surface area contributed by atoms with Crippen molar-refractivity contribution in [3.63, 3.8) is 0 Å². The van der Waals surface area contributed by atoms with Crippen molar-refractivity contribution in [3.05, 3.63) is 29.6 Å². The van der Waals surface area contributed by atoms with E-state index in [1.807, 2.05) is 31.0 Å². The van der Waals surface area contributed by atoms with E-state index in [1.54, 1.807) is 11.0 Å². The number of anilines is 1. The fourth-order valence-corrected chi connectivity index (χ4v) is 3.54.